The van der Waals surface area contributed by atoms with Crippen molar-refractivity contribution < 1.29 is 28.5 Å². The Kier molecular flexibility index (Phi) is 7.64. The van der Waals surface area contributed by atoms with Crippen LogP contribution in [0.1, 0.15) is 27.2 Å². The van der Waals surface area contributed by atoms with Gasteiger partial charge in [0.05, 0.1) is 6.42 Å². The summed E-state index contributed by atoms with van der Waals surface area (Å²) in [5.41, 5.74) is 0.266. The van der Waals surface area contributed by atoms with E-state index < -0.39 is 25.4 Å². The Hall–Kier alpha value is -1.13. The standard InChI is InChI=1S/C12H21O6P/c1-5-19(15,16)7-6-11(13)17-8-10(4)18-12(14)9(2)3/h10H,2,5-8H2,1,3-4H3,(H,15,16). The molecule has 1 N–H and O–H groups in total. The van der Waals surface area contributed by atoms with Gasteiger partial charge in [-0.2, -0.15) is 0 Å². The minimum atomic E-state index is -3.21. The van der Waals surface area contributed by atoms with E-state index in [1.165, 1.54) is 6.92 Å². The highest BCUT2D eigenvalue weighted by Gasteiger charge is 2.18. The van der Waals surface area contributed by atoms with Crippen LogP contribution in [0, 0.1) is 0 Å². The molecule has 0 aromatic heterocycles. The van der Waals surface area contributed by atoms with Gasteiger partial charge < -0.3 is 14.4 Å². The highest BCUT2D eigenvalue weighted by Crippen LogP contribution is 2.40. The molecular weight excluding hydrogens is 271 g/mol. The van der Waals surface area contributed by atoms with Crippen molar-refractivity contribution in [2.45, 2.75) is 33.3 Å². The minimum Gasteiger partial charge on any atom is -0.462 e. The Morgan fingerprint density at radius 2 is 2.00 bits per heavy atom. The molecule has 0 radical (unpaired) electrons. The van der Waals surface area contributed by atoms with Crippen LogP contribution in [0.25, 0.3) is 0 Å². The van der Waals surface area contributed by atoms with Gasteiger partial charge in [-0.25, -0.2) is 4.79 Å². The van der Waals surface area contributed by atoms with Crippen LogP contribution in [0.2, 0.25) is 0 Å². The fourth-order valence-electron chi connectivity index (χ4n) is 1.02. The monoisotopic (exact) mass is 292 g/mol. The first-order valence-corrected chi connectivity index (χ1v) is 8.04. The highest BCUT2D eigenvalue weighted by atomic mass is 31.2. The van der Waals surface area contributed by atoms with Gasteiger partial charge in [-0.3, -0.25) is 9.36 Å². The number of carbonyl (C=O) groups is 2. The van der Waals surface area contributed by atoms with Gasteiger partial charge in [0.15, 0.2) is 0 Å². The number of carbonyl (C=O) groups excluding carboxylic acids is 2. The van der Waals surface area contributed by atoms with Gasteiger partial charge in [-0.05, 0) is 13.8 Å². The van der Waals surface area contributed by atoms with Gasteiger partial charge in [0.2, 0.25) is 7.37 Å². The number of ether oxygens (including phenoxy) is 2. The molecule has 0 fully saturated rings. The lowest BCUT2D eigenvalue weighted by Crippen LogP contribution is -2.22. The van der Waals surface area contributed by atoms with Crippen molar-refractivity contribution in [3.05, 3.63) is 12.2 Å². The van der Waals surface area contributed by atoms with Gasteiger partial charge in [-0.15, -0.1) is 0 Å². The molecule has 0 bridgehead atoms. The topological polar surface area (TPSA) is 89.9 Å². The van der Waals surface area contributed by atoms with Crippen LogP contribution in [-0.2, 0) is 23.6 Å². The van der Waals surface area contributed by atoms with Gasteiger partial charge in [0.25, 0.3) is 0 Å². The molecule has 110 valence electrons. The molecule has 0 rings (SSSR count). The summed E-state index contributed by atoms with van der Waals surface area (Å²) in [4.78, 5) is 31.8. The maximum Gasteiger partial charge on any atom is 0.333 e. The van der Waals surface area contributed by atoms with Gasteiger partial charge in [-0.1, -0.05) is 13.5 Å². The molecule has 0 heterocycles. The smallest absolute Gasteiger partial charge is 0.333 e. The van der Waals surface area contributed by atoms with Gasteiger partial charge in [0, 0.05) is 17.9 Å². The summed E-state index contributed by atoms with van der Waals surface area (Å²) in [5, 5.41) is 0. The van der Waals surface area contributed by atoms with Crippen LogP contribution >= 0.6 is 7.37 Å². The van der Waals surface area contributed by atoms with E-state index in [0.717, 1.165) is 0 Å². The molecule has 0 amide bonds. The van der Waals surface area contributed by atoms with Crippen LogP contribution < -0.4 is 0 Å². The molecule has 0 saturated carbocycles. The molecule has 2 atom stereocenters. The molecule has 0 aliphatic heterocycles. The van der Waals surface area contributed by atoms with Crippen molar-refractivity contribution in [1.29, 1.82) is 0 Å². The van der Waals surface area contributed by atoms with Crippen molar-refractivity contribution in [2.24, 2.45) is 0 Å². The Morgan fingerprint density at radius 1 is 1.42 bits per heavy atom. The fraction of sp³-hybridized carbons (Fsp3) is 0.667. The van der Waals surface area contributed by atoms with Crippen LogP contribution in [-0.4, -0.2) is 41.9 Å². The second-order valence-electron chi connectivity index (χ2n) is 4.32. The molecule has 7 heteroatoms. The van der Waals surface area contributed by atoms with E-state index in [2.05, 4.69) is 6.58 Å². The number of esters is 2. The fourth-order valence-corrected chi connectivity index (χ4v) is 1.87. The second kappa shape index (κ2) is 8.12. The summed E-state index contributed by atoms with van der Waals surface area (Å²) >= 11 is 0. The summed E-state index contributed by atoms with van der Waals surface area (Å²) in [5.74, 6) is -1.13. The van der Waals surface area contributed by atoms with Crippen molar-refractivity contribution in [3.63, 3.8) is 0 Å². The third-order valence-corrected chi connectivity index (χ3v) is 4.21. The molecular formula is C12H21O6P. The minimum absolute atomic E-state index is 0.0836. The number of rotatable bonds is 8. The average molecular weight is 292 g/mol. The Bertz CT molecular complexity index is 390. The van der Waals surface area contributed by atoms with Crippen molar-refractivity contribution in [3.8, 4) is 0 Å². The molecule has 0 aliphatic carbocycles. The quantitative estimate of drug-likeness (QED) is 0.416. The molecule has 0 aliphatic rings. The Morgan fingerprint density at radius 3 is 2.47 bits per heavy atom. The van der Waals surface area contributed by atoms with Crippen LogP contribution in [0.4, 0.5) is 0 Å². The Balaban J connectivity index is 3.94. The van der Waals surface area contributed by atoms with Crippen molar-refractivity contribution in [1.82, 2.24) is 0 Å². The molecule has 0 saturated heterocycles. The second-order valence-corrected chi connectivity index (χ2v) is 7.09. The van der Waals surface area contributed by atoms with E-state index in [1.54, 1.807) is 13.8 Å². The van der Waals surface area contributed by atoms with Crippen LogP contribution in [0.5, 0.6) is 0 Å². The predicted molar refractivity (Wildman–Crippen MR) is 71.2 cm³/mol. The van der Waals surface area contributed by atoms with Crippen LogP contribution in [0.15, 0.2) is 12.2 Å². The average Bonchev–Trinajstić information content (AvgIpc) is 2.33. The third kappa shape index (κ3) is 8.56. The molecule has 19 heavy (non-hydrogen) atoms. The molecule has 0 aromatic carbocycles. The molecule has 0 spiro atoms. The molecule has 6 nitrogen and oxygen atoms in total. The summed E-state index contributed by atoms with van der Waals surface area (Å²) in [6.45, 7) is 8.03. The summed E-state index contributed by atoms with van der Waals surface area (Å²) in [7, 11) is -3.21. The summed E-state index contributed by atoms with van der Waals surface area (Å²) < 4.78 is 21.1. The van der Waals surface area contributed by atoms with E-state index in [-0.39, 0.29) is 30.9 Å². The maximum absolute atomic E-state index is 11.3. The normalized spacial score (nSPS) is 15.2. The summed E-state index contributed by atoms with van der Waals surface area (Å²) in [6.07, 6.45) is -0.668. The SMILES string of the molecule is C=C(C)C(=O)OC(C)COC(=O)CCP(=O)(O)CC. The van der Waals surface area contributed by atoms with Gasteiger partial charge in [0.1, 0.15) is 12.7 Å². The Labute approximate surface area is 113 Å². The first kappa shape index (κ1) is 17.9. The summed E-state index contributed by atoms with van der Waals surface area (Å²) in [6, 6.07) is 0. The molecule has 2 unspecified atom stereocenters. The highest BCUT2D eigenvalue weighted by molar-refractivity contribution is 7.57. The van der Waals surface area contributed by atoms with Crippen molar-refractivity contribution in [2.75, 3.05) is 18.9 Å². The predicted octanol–water partition coefficient (Wildman–Crippen LogP) is 1.72. The van der Waals surface area contributed by atoms with E-state index in [9.17, 15) is 19.0 Å². The maximum atomic E-state index is 11.3. The van der Waals surface area contributed by atoms with Crippen molar-refractivity contribution >= 4 is 19.3 Å². The van der Waals surface area contributed by atoms with E-state index in [4.69, 9.17) is 9.47 Å². The van der Waals surface area contributed by atoms with E-state index in [1.807, 2.05) is 0 Å². The lowest BCUT2D eigenvalue weighted by Gasteiger charge is -2.14. The first-order chi connectivity index (χ1) is 8.68. The lowest BCUT2D eigenvalue weighted by molar-refractivity contribution is -0.155. The zero-order chi connectivity index (χ0) is 15.1. The third-order valence-electron chi connectivity index (χ3n) is 2.30. The lowest BCUT2D eigenvalue weighted by atomic mass is 10.3. The number of hydrogen-bond donors (Lipinski definition) is 1. The zero-order valence-electron chi connectivity index (χ0n) is 11.5. The number of hydrogen-bond acceptors (Lipinski definition) is 5. The van der Waals surface area contributed by atoms with E-state index >= 15 is 0 Å². The van der Waals surface area contributed by atoms with Crippen LogP contribution in [0.3, 0.4) is 0 Å². The first-order valence-electron chi connectivity index (χ1n) is 6.01. The van der Waals surface area contributed by atoms with Gasteiger partial charge >= 0.3 is 11.9 Å². The molecule has 0 aromatic rings. The largest absolute Gasteiger partial charge is 0.462 e. The zero-order valence-corrected chi connectivity index (χ0v) is 12.4. The van der Waals surface area contributed by atoms with E-state index in [0.29, 0.717) is 0 Å².